The van der Waals surface area contributed by atoms with E-state index in [4.69, 9.17) is 9.47 Å². The molecule has 0 spiro atoms. The Morgan fingerprint density at radius 2 is 1.30 bits per heavy atom. The van der Waals surface area contributed by atoms with Crippen LogP contribution in [0.4, 0.5) is 0 Å². The molecule has 0 aliphatic heterocycles. The maximum absolute atomic E-state index is 11.9. The predicted molar refractivity (Wildman–Crippen MR) is 187 cm³/mol. The van der Waals surface area contributed by atoms with Gasteiger partial charge in [-0.1, -0.05) is 99.3 Å². The van der Waals surface area contributed by atoms with Gasteiger partial charge in [0.1, 0.15) is 0 Å². The monoisotopic (exact) mass is 620 g/mol. The topological polar surface area (TPSA) is 56.6 Å². The van der Waals surface area contributed by atoms with Crippen LogP contribution in [-0.4, -0.2) is 59.9 Å². The van der Waals surface area contributed by atoms with Crippen LogP contribution in [0.2, 0.25) is 0 Å². The van der Waals surface area contributed by atoms with Crippen LogP contribution in [0.1, 0.15) is 151 Å². The SMILES string of the molecule is CC(C)CCOC(=O)CCCCCCCN(CCCCCCCCCOCC(CCC(C)C)C(C)C)CCCn1ccnc1. The molecule has 1 aromatic rings. The van der Waals surface area contributed by atoms with E-state index < -0.39 is 0 Å². The first-order chi connectivity index (χ1) is 21.3. The fourth-order valence-electron chi connectivity index (χ4n) is 5.66. The summed E-state index contributed by atoms with van der Waals surface area (Å²) in [5.74, 6) is 2.78. The second kappa shape index (κ2) is 27.9. The number of carbonyl (C=O) groups excluding carboxylic acids is 1. The van der Waals surface area contributed by atoms with Crippen molar-refractivity contribution in [2.45, 2.75) is 157 Å². The lowest BCUT2D eigenvalue weighted by molar-refractivity contribution is -0.144. The molecule has 44 heavy (non-hydrogen) atoms. The molecule has 6 nitrogen and oxygen atoms in total. The molecule has 1 heterocycles. The van der Waals surface area contributed by atoms with E-state index in [2.05, 4.69) is 62.2 Å². The van der Waals surface area contributed by atoms with Crippen molar-refractivity contribution in [3.8, 4) is 0 Å². The predicted octanol–water partition coefficient (Wildman–Crippen LogP) is 9.96. The lowest BCUT2D eigenvalue weighted by Crippen LogP contribution is -2.28. The van der Waals surface area contributed by atoms with Gasteiger partial charge in [-0.15, -0.1) is 0 Å². The van der Waals surface area contributed by atoms with E-state index in [-0.39, 0.29) is 5.97 Å². The van der Waals surface area contributed by atoms with Gasteiger partial charge in [0.05, 0.1) is 12.9 Å². The Balaban J connectivity index is 2.12. The van der Waals surface area contributed by atoms with E-state index in [1.807, 2.05) is 12.5 Å². The molecule has 0 saturated heterocycles. The number of carbonyl (C=O) groups is 1. The Hall–Kier alpha value is -1.40. The molecule has 1 unspecified atom stereocenters. The molecular formula is C38H73N3O3. The average Bonchev–Trinajstić information content (AvgIpc) is 3.49. The molecule has 0 N–H and O–H groups in total. The molecule has 0 aliphatic rings. The highest BCUT2D eigenvalue weighted by Gasteiger charge is 2.14. The van der Waals surface area contributed by atoms with E-state index in [9.17, 15) is 4.79 Å². The number of unbranched alkanes of at least 4 members (excludes halogenated alkanes) is 10. The van der Waals surface area contributed by atoms with Crippen molar-refractivity contribution in [1.82, 2.24) is 14.5 Å². The van der Waals surface area contributed by atoms with Crippen molar-refractivity contribution in [2.75, 3.05) is 39.5 Å². The van der Waals surface area contributed by atoms with E-state index in [0.29, 0.717) is 30.8 Å². The average molecular weight is 620 g/mol. The van der Waals surface area contributed by atoms with Crippen molar-refractivity contribution in [3.63, 3.8) is 0 Å². The van der Waals surface area contributed by atoms with Gasteiger partial charge in [-0.25, -0.2) is 4.98 Å². The van der Waals surface area contributed by atoms with Crippen LogP contribution >= 0.6 is 0 Å². The molecule has 0 saturated carbocycles. The molecule has 1 aromatic heterocycles. The maximum atomic E-state index is 11.9. The lowest BCUT2D eigenvalue weighted by Gasteiger charge is -2.22. The third kappa shape index (κ3) is 24.9. The zero-order chi connectivity index (χ0) is 32.3. The molecule has 0 aliphatic carbocycles. The van der Waals surface area contributed by atoms with Crippen LogP contribution in [-0.2, 0) is 20.8 Å². The Morgan fingerprint density at radius 3 is 1.89 bits per heavy atom. The smallest absolute Gasteiger partial charge is 0.305 e. The number of rotatable bonds is 31. The number of nitrogens with zero attached hydrogens (tertiary/aromatic N) is 3. The number of ether oxygens (including phenoxy) is 2. The molecule has 6 heteroatoms. The molecule has 0 amide bonds. The summed E-state index contributed by atoms with van der Waals surface area (Å²) in [6, 6.07) is 0. The summed E-state index contributed by atoms with van der Waals surface area (Å²) < 4.78 is 13.6. The summed E-state index contributed by atoms with van der Waals surface area (Å²) in [7, 11) is 0. The van der Waals surface area contributed by atoms with Crippen LogP contribution in [0, 0.1) is 23.7 Å². The van der Waals surface area contributed by atoms with Gasteiger partial charge in [0.2, 0.25) is 0 Å². The van der Waals surface area contributed by atoms with Crippen molar-refractivity contribution in [1.29, 1.82) is 0 Å². The van der Waals surface area contributed by atoms with Crippen molar-refractivity contribution < 1.29 is 14.3 Å². The normalized spacial score (nSPS) is 12.7. The van der Waals surface area contributed by atoms with Gasteiger partial charge in [-0.2, -0.15) is 0 Å². The summed E-state index contributed by atoms with van der Waals surface area (Å²) in [5.41, 5.74) is 0. The van der Waals surface area contributed by atoms with E-state index >= 15 is 0 Å². The van der Waals surface area contributed by atoms with E-state index in [0.717, 1.165) is 51.5 Å². The van der Waals surface area contributed by atoms with Gasteiger partial charge >= 0.3 is 5.97 Å². The van der Waals surface area contributed by atoms with Crippen LogP contribution in [0.15, 0.2) is 18.7 Å². The van der Waals surface area contributed by atoms with Crippen LogP contribution in [0.25, 0.3) is 0 Å². The third-order valence-electron chi connectivity index (χ3n) is 8.92. The van der Waals surface area contributed by atoms with Crippen LogP contribution in [0.3, 0.4) is 0 Å². The highest BCUT2D eigenvalue weighted by atomic mass is 16.5. The molecule has 1 rings (SSSR count). The van der Waals surface area contributed by atoms with Crippen molar-refractivity contribution in [2.24, 2.45) is 23.7 Å². The van der Waals surface area contributed by atoms with E-state index in [1.54, 1.807) is 0 Å². The Bertz CT molecular complexity index is 751. The molecule has 1 atom stereocenters. The number of imidazole rings is 1. The number of hydrogen-bond donors (Lipinski definition) is 0. The maximum Gasteiger partial charge on any atom is 0.305 e. The lowest BCUT2D eigenvalue weighted by atomic mass is 9.89. The highest BCUT2D eigenvalue weighted by molar-refractivity contribution is 5.69. The standard InChI is InChI=1S/C38H73N3O3/c1-34(2)21-22-37(36(5)6)32-43-30-18-14-9-7-8-12-16-25-40(27-19-28-41-29-24-39-33-41)26-17-13-10-11-15-20-38(42)44-31-23-35(3)4/h24,29,33-37H,7-23,25-28,30-32H2,1-6H3. The summed E-state index contributed by atoms with van der Waals surface area (Å²) in [6.07, 6.45) is 26.2. The zero-order valence-corrected chi connectivity index (χ0v) is 30.1. The van der Waals surface area contributed by atoms with Crippen LogP contribution < -0.4 is 0 Å². The first-order valence-electron chi connectivity index (χ1n) is 18.7. The molecule has 0 radical (unpaired) electrons. The second-order valence-corrected chi connectivity index (χ2v) is 14.4. The Morgan fingerprint density at radius 1 is 0.705 bits per heavy atom. The highest BCUT2D eigenvalue weighted by Crippen LogP contribution is 2.20. The minimum Gasteiger partial charge on any atom is -0.466 e. The number of aryl methyl sites for hydroxylation is 1. The fourth-order valence-corrected chi connectivity index (χ4v) is 5.66. The second-order valence-electron chi connectivity index (χ2n) is 14.4. The largest absolute Gasteiger partial charge is 0.466 e. The minimum atomic E-state index is -0.0218. The number of esters is 1. The Kier molecular flexibility index (Phi) is 25.7. The summed E-state index contributed by atoms with van der Waals surface area (Å²) in [5, 5.41) is 0. The van der Waals surface area contributed by atoms with Crippen molar-refractivity contribution in [3.05, 3.63) is 18.7 Å². The van der Waals surface area contributed by atoms with Gasteiger partial charge in [0, 0.05) is 38.6 Å². The Labute approximate surface area is 273 Å². The van der Waals surface area contributed by atoms with Crippen LogP contribution in [0.5, 0.6) is 0 Å². The summed E-state index contributed by atoms with van der Waals surface area (Å²) in [4.78, 5) is 18.7. The summed E-state index contributed by atoms with van der Waals surface area (Å²) >= 11 is 0. The van der Waals surface area contributed by atoms with E-state index in [1.165, 1.54) is 96.6 Å². The molecule has 0 bridgehead atoms. The molecule has 0 aromatic carbocycles. The molecule has 258 valence electrons. The summed E-state index contributed by atoms with van der Waals surface area (Å²) in [6.45, 7) is 20.7. The van der Waals surface area contributed by atoms with Gasteiger partial charge in [0.25, 0.3) is 0 Å². The minimum absolute atomic E-state index is 0.0218. The first kappa shape index (κ1) is 40.6. The molecule has 0 fully saturated rings. The number of hydrogen-bond acceptors (Lipinski definition) is 5. The quantitative estimate of drug-likeness (QED) is 0.0611. The van der Waals surface area contributed by atoms with Gasteiger partial charge in [0.15, 0.2) is 0 Å². The number of aromatic nitrogens is 2. The van der Waals surface area contributed by atoms with Gasteiger partial charge in [-0.3, -0.25) is 4.79 Å². The third-order valence-corrected chi connectivity index (χ3v) is 8.92. The fraction of sp³-hybridized carbons (Fsp3) is 0.895. The van der Waals surface area contributed by atoms with Crippen molar-refractivity contribution >= 4 is 5.97 Å². The van der Waals surface area contributed by atoms with Gasteiger partial charge in [-0.05, 0) is 88.3 Å². The zero-order valence-electron chi connectivity index (χ0n) is 30.1. The first-order valence-corrected chi connectivity index (χ1v) is 18.7. The van der Waals surface area contributed by atoms with Gasteiger partial charge < -0.3 is 18.9 Å². The molecular weight excluding hydrogens is 546 g/mol.